The van der Waals surface area contributed by atoms with E-state index in [0.717, 1.165) is 0 Å². The topological polar surface area (TPSA) is 86.7 Å². The largest absolute Gasteiger partial charge is 0.382 e. The van der Waals surface area contributed by atoms with Crippen LogP contribution in [0.1, 0.15) is 16.4 Å². The number of carbonyl (C=O) groups excluding carboxylic acids is 1. The average Bonchev–Trinajstić information content (AvgIpc) is 2.42. The van der Waals surface area contributed by atoms with Crippen molar-refractivity contribution in [2.75, 3.05) is 5.73 Å². The molecule has 0 unspecified atom stereocenters. The second kappa shape index (κ2) is 2.76. The summed E-state index contributed by atoms with van der Waals surface area (Å²) in [6.07, 6.45) is 0.663. The summed E-state index contributed by atoms with van der Waals surface area (Å²) < 4.78 is 1.58. The Morgan fingerprint density at radius 1 is 1.36 bits per heavy atom. The van der Waals surface area contributed by atoms with Gasteiger partial charge in [-0.25, -0.2) is 15.0 Å². The third kappa shape index (κ3) is 1.04. The fraction of sp³-hybridized carbons (Fsp3) is 0.250. The number of nitrogen functional groups attached to an aromatic ring is 1. The highest BCUT2D eigenvalue weighted by atomic mass is 16.1. The lowest BCUT2D eigenvalue weighted by atomic mass is 10.4. The second-order valence-corrected chi connectivity index (χ2v) is 2.98. The van der Waals surface area contributed by atoms with Gasteiger partial charge in [-0.15, -0.1) is 0 Å². The number of nitrogens with zero attached hydrogens (tertiary/aromatic N) is 4. The average molecular weight is 191 g/mol. The molecule has 2 aromatic heterocycles. The molecule has 0 saturated heterocycles. The van der Waals surface area contributed by atoms with Crippen molar-refractivity contribution in [1.29, 1.82) is 0 Å². The summed E-state index contributed by atoms with van der Waals surface area (Å²) in [4.78, 5) is 22.7. The highest BCUT2D eigenvalue weighted by Gasteiger charge is 2.12. The first-order valence-corrected chi connectivity index (χ1v) is 4.05. The smallest absolute Gasteiger partial charge is 0.185 e. The summed E-state index contributed by atoms with van der Waals surface area (Å²) in [6, 6.07) is 0. The summed E-state index contributed by atoms with van der Waals surface area (Å²) in [5.41, 5.74) is 6.75. The van der Waals surface area contributed by atoms with Gasteiger partial charge in [-0.2, -0.15) is 0 Å². The van der Waals surface area contributed by atoms with Crippen LogP contribution in [0.25, 0.3) is 11.2 Å². The minimum atomic E-state index is 0.298. The number of aldehydes is 1. The van der Waals surface area contributed by atoms with E-state index in [-0.39, 0.29) is 0 Å². The zero-order chi connectivity index (χ0) is 10.3. The summed E-state index contributed by atoms with van der Waals surface area (Å²) >= 11 is 0. The Bertz CT molecular complexity index is 516. The molecular weight excluding hydrogens is 182 g/mol. The van der Waals surface area contributed by atoms with Gasteiger partial charge in [-0.05, 0) is 6.92 Å². The summed E-state index contributed by atoms with van der Waals surface area (Å²) in [5, 5.41) is 0. The fourth-order valence-corrected chi connectivity index (χ4v) is 1.38. The van der Waals surface area contributed by atoms with Crippen LogP contribution in [0.4, 0.5) is 5.82 Å². The van der Waals surface area contributed by atoms with Gasteiger partial charge in [0.25, 0.3) is 0 Å². The van der Waals surface area contributed by atoms with Crippen LogP contribution < -0.4 is 5.73 Å². The highest BCUT2D eigenvalue weighted by molar-refractivity contribution is 5.86. The van der Waals surface area contributed by atoms with Gasteiger partial charge in [0.15, 0.2) is 23.6 Å². The van der Waals surface area contributed by atoms with Crippen LogP contribution in [0.5, 0.6) is 0 Å². The molecule has 6 heteroatoms. The van der Waals surface area contributed by atoms with Crippen molar-refractivity contribution in [1.82, 2.24) is 19.5 Å². The maximum Gasteiger partial charge on any atom is 0.185 e. The number of hydrogen-bond donors (Lipinski definition) is 1. The molecule has 0 aliphatic rings. The highest BCUT2D eigenvalue weighted by Crippen LogP contribution is 2.17. The number of anilines is 1. The van der Waals surface area contributed by atoms with E-state index in [2.05, 4.69) is 15.0 Å². The lowest BCUT2D eigenvalue weighted by molar-refractivity contribution is 0.111. The Balaban J connectivity index is 2.92. The van der Waals surface area contributed by atoms with Crippen molar-refractivity contribution in [3.8, 4) is 0 Å². The maximum atomic E-state index is 10.6. The van der Waals surface area contributed by atoms with Gasteiger partial charge in [0.05, 0.1) is 0 Å². The van der Waals surface area contributed by atoms with Gasteiger partial charge >= 0.3 is 0 Å². The molecule has 0 aliphatic heterocycles. The van der Waals surface area contributed by atoms with E-state index in [4.69, 9.17) is 5.73 Å². The molecule has 0 atom stereocenters. The Labute approximate surface area is 79.8 Å². The third-order valence-electron chi connectivity index (χ3n) is 2.01. The molecule has 2 N–H and O–H groups in total. The zero-order valence-corrected chi connectivity index (χ0v) is 7.85. The molecule has 0 fully saturated rings. The minimum Gasteiger partial charge on any atom is -0.382 e. The molecule has 0 amide bonds. The third-order valence-corrected chi connectivity index (χ3v) is 2.01. The van der Waals surface area contributed by atoms with Crippen molar-refractivity contribution in [3.05, 3.63) is 11.6 Å². The van der Waals surface area contributed by atoms with E-state index in [1.807, 2.05) is 0 Å². The van der Waals surface area contributed by atoms with Crippen LogP contribution in [0.3, 0.4) is 0 Å². The Hall–Kier alpha value is -1.98. The number of carbonyl (C=O) groups is 1. The zero-order valence-electron chi connectivity index (χ0n) is 7.85. The Morgan fingerprint density at radius 3 is 2.71 bits per heavy atom. The van der Waals surface area contributed by atoms with Crippen molar-refractivity contribution in [2.45, 2.75) is 6.92 Å². The number of rotatable bonds is 1. The molecule has 0 bridgehead atoms. The van der Waals surface area contributed by atoms with Gasteiger partial charge in [0.2, 0.25) is 0 Å². The molecule has 2 aromatic rings. The van der Waals surface area contributed by atoms with E-state index in [9.17, 15) is 4.79 Å². The predicted octanol–water partition coefficient (Wildman–Crippen LogP) is 0.0664. The summed E-state index contributed by atoms with van der Waals surface area (Å²) in [7, 11) is 1.70. The number of nitrogens with two attached hydrogens (primary N) is 1. The van der Waals surface area contributed by atoms with Crippen LogP contribution in [0.2, 0.25) is 0 Å². The van der Waals surface area contributed by atoms with E-state index < -0.39 is 0 Å². The molecule has 6 nitrogen and oxygen atoms in total. The van der Waals surface area contributed by atoms with Crippen LogP contribution in [0, 0.1) is 6.92 Å². The van der Waals surface area contributed by atoms with Gasteiger partial charge in [0, 0.05) is 7.05 Å². The normalized spacial score (nSPS) is 10.7. The maximum absolute atomic E-state index is 10.6. The molecule has 0 radical (unpaired) electrons. The lowest BCUT2D eigenvalue weighted by Crippen LogP contribution is -2.01. The molecule has 0 aliphatic carbocycles. The summed E-state index contributed by atoms with van der Waals surface area (Å²) in [6.45, 7) is 1.73. The van der Waals surface area contributed by atoms with Gasteiger partial charge in [-0.3, -0.25) is 4.79 Å². The van der Waals surface area contributed by atoms with E-state index in [0.29, 0.717) is 34.9 Å². The van der Waals surface area contributed by atoms with Crippen molar-refractivity contribution in [3.63, 3.8) is 0 Å². The molecule has 2 heterocycles. The lowest BCUT2D eigenvalue weighted by Gasteiger charge is -1.99. The Kier molecular flexibility index (Phi) is 1.70. The van der Waals surface area contributed by atoms with E-state index >= 15 is 0 Å². The molecule has 0 saturated carbocycles. The van der Waals surface area contributed by atoms with Crippen molar-refractivity contribution < 1.29 is 4.79 Å². The first-order chi connectivity index (χ1) is 6.63. The molecule has 14 heavy (non-hydrogen) atoms. The summed E-state index contributed by atoms with van der Waals surface area (Å²) in [5.74, 6) is 1.19. The second-order valence-electron chi connectivity index (χ2n) is 2.98. The first-order valence-electron chi connectivity index (χ1n) is 4.05. The molecule has 2 rings (SSSR count). The quantitative estimate of drug-likeness (QED) is 0.644. The molecule has 0 aromatic carbocycles. The van der Waals surface area contributed by atoms with Crippen LogP contribution in [-0.2, 0) is 7.05 Å². The molecule has 0 spiro atoms. The number of aryl methyl sites for hydroxylation is 2. The Morgan fingerprint density at radius 2 is 2.07 bits per heavy atom. The van der Waals surface area contributed by atoms with Crippen LogP contribution in [0.15, 0.2) is 0 Å². The minimum absolute atomic E-state index is 0.298. The standard InChI is InChI=1S/C8H9N5O/c1-4-10-7(9)6-8(11-4)12-5(3-14)13(6)2/h3H,1-2H3,(H2,9,10,11). The van der Waals surface area contributed by atoms with Gasteiger partial charge < -0.3 is 10.3 Å². The molecular formula is C8H9N5O. The SMILES string of the molecule is Cc1nc(N)c2c(n1)nc(C=O)n2C. The number of aromatic nitrogens is 4. The van der Waals surface area contributed by atoms with Gasteiger partial charge in [0.1, 0.15) is 11.3 Å². The number of imidazole rings is 1. The number of fused-ring (bicyclic) bond motifs is 1. The first kappa shape index (κ1) is 8.61. The van der Waals surface area contributed by atoms with Crippen LogP contribution in [-0.4, -0.2) is 25.8 Å². The van der Waals surface area contributed by atoms with Crippen molar-refractivity contribution in [2.24, 2.45) is 7.05 Å². The predicted molar refractivity (Wildman–Crippen MR) is 50.8 cm³/mol. The fourth-order valence-electron chi connectivity index (χ4n) is 1.38. The molecule has 72 valence electrons. The van der Waals surface area contributed by atoms with E-state index in [1.165, 1.54) is 0 Å². The number of hydrogen-bond acceptors (Lipinski definition) is 5. The van der Waals surface area contributed by atoms with Crippen molar-refractivity contribution >= 4 is 23.3 Å². The monoisotopic (exact) mass is 191 g/mol. The van der Waals surface area contributed by atoms with E-state index in [1.54, 1.807) is 18.5 Å². The van der Waals surface area contributed by atoms with Crippen LogP contribution >= 0.6 is 0 Å². The van der Waals surface area contributed by atoms with Gasteiger partial charge in [-0.1, -0.05) is 0 Å².